The summed E-state index contributed by atoms with van der Waals surface area (Å²) in [4.78, 5) is 0. The van der Waals surface area contributed by atoms with Crippen LogP contribution < -0.4 is 5.73 Å². The number of hydrogen-bond acceptors (Lipinski definition) is 4. The van der Waals surface area contributed by atoms with Crippen molar-refractivity contribution in [3.8, 4) is 0 Å². The van der Waals surface area contributed by atoms with E-state index >= 15 is 0 Å². The molecule has 2 rings (SSSR count). The Labute approximate surface area is 118 Å². The van der Waals surface area contributed by atoms with Crippen molar-refractivity contribution in [3.63, 3.8) is 0 Å². The molecule has 0 saturated carbocycles. The van der Waals surface area contributed by atoms with Crippen LogP contribution >= 0.6 is 0 Å². The van der Waals surface area contributed by atoms with Gasteiger partial charge in [0.15, 0.2) is 5.84 Å². The topological polar surface area (TPSA) is 101 Å². The lowest BCUT2D eigenvalue weighted by Crippen LogP contribution is -2.40. The lowest BCUT2D eigenvalue weighted by atomic mass is 9.99. The van der Waals surface area contributed by atoms with Crippen LogP contribution in [0.3, 0.4) is 0 Å². The van der Waals surface area contributed by atoms with E-state index in [1.165, 1.54) is 10.6 Å². The molecule has 0 radical (unpaired) electrons. The molecule has 1 aromatic rings. The molecule has 0 amide bonds. The maximum atomic E-state index is 11.6. The van der Waals surface area contributed by atoms with E-state index in [0.29, 0.717) is 25.3 Å². The first-order valence-electron chi connectivity index (χ1n) is 6.50. The molecule has 1 aromatic heterocycles. The third-order valence-electron chi connectivity index (χ3n) is 3.61. The smallest absolute Gasteiger partial charge is 0.211 e. The highest BCUT2D eigenvalue weighted by molar-refractivity contribution is 7.88. The van der Waals surface area contributed by atoms with Crippen molar-refractivity contribution in [2.24, 2.45) is 16.8 Å². The molecule has 0 aliphatic carbocycles. The average Bonchev–Trinajstić information content (AvgIpc) is 2.85. The van der Waals surface area contributed by atoms with E-state index in [9.17, 15) is 8.42 Å². The Morgan fingerprint density at radius 3 is 3.00 bits per heavy atom. The molecular formula is C12H20N4O3S. The van der Waals surface area contributed by atoms with Gasteiger partial charge < -0.3 is 15.5 Å². The molecule has 1 unspecified atom stereocenters. The highest BCUT2D eigenvalue weighted by Gasteiger charge is 2.26. The maximum Gasteiger partial charge on any atom is 0.211 e. The molecule has 2 heterocycles. The monoisotopic (exact) mass is 300 g/mol. The predicted molar refractivity (Wildman–Crippen MR) is 76.1 cm³/mol. The Bertz CT molecular complexity index is 594. The summed E-state index contributed by atoms with van der Waals surface area (Å²) < 4.78 is 26.6. The average molecular weight is 300 g/mol. The summed E-state index contributed by atoms with van der Waals surface area (Å²) in [6, 6.07) is 3.59. The minimum Gasteiger partial charge on any atom is -0.409 e. The Morgan fingerprint density at radius 1 is 1.60 bits per heavy atom. The van der Waals surface area contributed by atoms with E-state index in [-0.39, 0.29) is 11.8 Å². The Balaban J connectivity index is 2.09. The van der Waals surface area contributed by atoms with Crippen molar-refractivity contribution < 1.29 is 13.6 Å². The molecule has 7 nitrogen and oxygen atoms in total. The zero-order valence-corrected chi connectivity index (χ0v) is 12.3. The van der Waals surface area contributed by atoms with E-state index < -0.39 is 10.0 Å². The minimum absolute atomic E-state index is 0.0609. The first-order valence-corrected chi connectivity index (χ1v) is 8.35. The van der Waals surface area contributed by atoms with Crippen molar-refractivity contribution in [2.45, 2.75) is 19.4 Å². The number of hydrogen-bond donors (Lipinski definition) is 2. The molecule has 0 bridgehead atoms. The molecule has 8 heteroatoms. The Kier molecular flexibility index (Phi) is 4.34. The molecule has 0 spiro atoms. The van der Waals surface area contributed by atoms with Gasteiger partial charge in [-0.05, 0) is 30.9 Å². The first kappa shape index (κ1) is 14.9. The molecule has 1 fully saturated rings. The van der Waals surface area contributed by atoms with Crippen LogP contribution in [0.25, 0.3) is 0 Å². The van der Waals surface area contributed by atoms with Gasteiger partial charge in [-0.15, -0.1) is 0 Å². The lowest BCUT2D eigenvalue weighted by molar-refractivity contribution is 0.246. The van der Waals surface area contributed by atoms with E-state index in [4.69, 9.17) is 10.9 Å². The number of oxime groups is 1. The van der Waals surface area contributed by atoms with Gasteiger partial charge in [0.2, 0.25) is 10.0 Å². The molecule has 20 heavy (non-hydrogen) atoms. The number of nitrogens with two attached hydrogens (primary N) is 1. The largest absolute Gasteiger partial charge is 0.409 e. The van der Waals surface area contributed by atoms with E-state index in [0.717, 1.165) is 12.8 Å². The van der Waals surface area contributed by atoms with Crippen LogP contribution in [0.1, 0.15) is 18.5 Å². The highest BCUT2D eigenvalue weighted by atomic mass is 32.2. The van der Waals surface area contributed by atoms with Gasteiger partial charge in [0.1, 0.15) is 0 Å². The maximum absolute atomic E-state index is 11.6. The van der Waals surface area contributed by atoms with Crippen molar-refractivity contribution in [1.29, 1.82) is 0 Å². The van der Waals surface area contributed by atoms with Crippen LogP contribution in [-0.2, 0) is 16.6 Å². The fourth-order valence-electron chi connectivity index (χ4n) is 2.61. The van der Waals surface area contributed by atoms with Crippen LogP contribution in [0.2, 0.25) is 0 Å². The normalized spacial score (nSPS) is 22.1. The molecule has 1 aliphatic rings. The molecule has 1 atom stereocenters. The van der Waals surface area contributed by atoms with Crippen LogP contribution in [-0.4, -0.2) is 47.7 Å². The number of piperidine rings is 1. The summed E-state index contributed by atoms with van der Waals surface area (Å²) in [5.74, 6) is 0.293. The van der Waals surface area contributed by atoms with Gasteiger partial charge in [0, 0.05) is 25.8 Å². The molecule has 0 aromatic carbocycles. The first-order chi connectivity index (χ1) is 9.41. The molecule has 3 N–H and O–H groups in total. The fourth-order valence-corrected chi connectivity index (χ4v) is 3.55. The molecular weight excluding hydrogens is 280 g/mol. The summed E-state index contributed by atoms with van der Waals surface area (Å²) in [5.41, 5.74) is 6.26. The predicted octanol–water partition coefficient (Wildman–Crippen LogP) is 0.254. The number of sulfonamides is 1. The Morgan fingerprint density at radius 2 is 2.35 bits per heavy atom. The summed E-state index contributed by atoms with van der Waals surface area (Å²) >= 11 is 0. The summed E-state index contributed by atoms with van der Waals surface area (Å²) in [7, 11) is -3.13. The van der Waals surface area contributed by atoms with Gasteiger partial charge in [-0.3, -0.25) is 0 Å². The second-order valence-electron chi connectivity index (χ2n) is 5.16. The van der Waals surface area contributed by atoms with Gasteiger partial charge in [-0.1, -0.05) is 5.16 Å². The lowest BCUT2D eigenvalue weighted by Gasteiger charge is -2.31. The van der Waals surface area contributed by atoms with Gasteiger partial charge in [-0.25, -0.2) is 12.7 Å². The van der Waals surface area contributed by atoms with Gasteiger partial charge in [-0.2, -0.15) is 0 Å². The standard InChI is InChI=1S/C12H20N4O3S/c1-20(18,19)16-7-2-4-10(9-16)8-15-6-3-5-11(15)12(13)14-17/h3,5-6,10,17H,2,4,7-9H2,1H3,(H2,13,14). The van der Waals surface area contributed by atoms with Crippen molar-refractivity contribution in [1.82, 2.24) is 8.87 Å². The molecule has 1 saturated heterocycles. The number of amidine groups is 1. The van der Waals surface area contributed by atoms with Gasteiger partial charge >= 0.3 is 0 Å². The van der Waals surface area contributed by atoms with Crippen LogP contribution in [0, 0.1) is 5.92 Å². The second-order valence-corrected chi connectivity index (χ2v) is 7.14. The van der Waals surface area contributed by atoms with Gasteiger partial charge in [0.05, 0.1) is 11.9 Å². The zero-order valence-electron chi connectivity index (χ0n) is 11.4. The fraction of sp³-hybridized carbons (Fsp3) is 0.583. The van der Waals surface area contributed by atoms with Crippen LogP contribution in [0.15, 0.2) is 23.5 Å². The minimum atomic E-state index is -3.13. The number of nitrogens with zero attached hydrogens (tertiary/aromatic N) is 3. The zero-order chi connectivity index (χ0) is 14.8. The summed E-state index contributed by atoms with van der Waals surface area (Å²) in [6.07, 6.45) is 4.93. The van der Waals surface area contributed by atoms with E-state index in [1.54, 1.807) is 6.07 Å². The molecule has 1 aliphatic heterocycles. The quantitative estimate of drug-likeness (QED) is 0.360. The SMILES string of the molecule is CS(=O)(=O)N1CCCC(Cn2cccc2/C(N)=N/O)C1. The van der Waals surface area contributed by atoms with Crippen LogP contribution in [0.5, 0.6) is 0 Å². The second kappa shape index (κ2) is 5.84. The van der Waals surface area contributed by atoms with Crippen molar-refractivity contribution in [2.75, 3.05) is 19.3 Å². The van der Waals surface area contributed by atoms with Gasteiger partial charge in [0.25, 0.3) is 0 Å². The highest BCUT2D eigenvalue weighted by Crippen LogP contribution is 2.21. The summed E-state index contributed by atoms with van der Waals surface area (Å²) in [6.45, 7) is 1.77. The van der Waals surface area contributed by atoms with Crippen LogP contribution in [0.4, 0.5) is 0 Å². The van der Waals surface area contributed by atoms with E-state index in [2.05, 4.69) is 5.16 Å². The van der Waals surface area contributed by atoms with E-state index in [1.807, 2.05) is 16.8 Å². The van der Waals surface area contributed by atoms with Crippen molar-refractivity contribution in [3.05, 3.63) is 24.0 Å². The molecule has 112 valence electrons. The number of aromatic nitrogens is 1. The summed E-state index contributed by atoms with van der Waals surface area (Å²) in [5, 5.41) is 11.8. The Hall–Kier alpha value is -1.54. The third kappa shape index (κ3) is 3.31. The third-order valence-corrected chi connectivity index (χ3v) is 4.88. The number of rotatable bonds is 4. The van der Waals surface area contributed by atoms with Crippen molar-refractivity contribution >= 4 is 15.9 Å².